The van der Waals surface area contributed by atoms with Crippen molar-refractivity contribution >= 4 is 28.4 Å². The van der Waals surface area contributed by atoms with Gasteiger partial charge in [0.15, 0.2) is 0 Å². The van der Waals surface area contributed by atoms with E-state index >= 15 is 0 Å². The molecule has 2 aromatic carbocycles. The normalized spacial score (nSPS) is 15.4. The second-order valence-electron chi connectivity index (χ2n) is 9.86. The molecule has 0 aliphatic carbocycles. The van der Waals surface area contributed by atoms with Gasteiger partial charge in [0.05, 0.1) is 11.1 Å². The highest BCUT2D eigenvalue weighted by Gasteiger charge is 2.27. The molecule has 0 spiro atoms. The number of amides is 2. The number of anilines is 1. The topological polar surface area (TPSA) is 74.3 Å². The Kier molecular flexibility index (Phi) is 6.75. The molecular formula is C27H32N4O2. The lowest BCUT2D eigenvalue weighted by Crippen LogP contribution is -2.46. The molecule has 2 N–H and O–H groups in total. The van der Waals surface area contributed by atoms with Crippen LogP contribution in [0.2, 0.25) is 0 Å². The van der Waals surface area contributed by atoms with Crippen molar-refractivity contribution < 1.29 is 9.59 Å². The average molecular weight is 445 g/mol. The second kappa shape index (κ2) is 9.71. The van der Waals surface area contributed by atoms with Gasteiger partial charge in [-0.3, -0.25) is 19.5 Å². The minimum atomic E-state index is -0.192. The number of nitrogens with one attached hydrogen (secondary N) is 2. The first-order valence-corrected chi connectivity index (χ1v) is 11.6. The summed E-state index contributed by atoms with van der Waals surface area (Å²) in [5.74, 6) is 0.0766. The van der Waals surface area contributed by atoms with Gasteiger partial charge in [0.1, 0.15) is 0 Å². The molecule has 2 heterocycles. The molecule has 0 radical (unpaired) electrons. The van der Waals surface area contributed by atoms with Gasteiger partial charge in [0, 0.05) is 35.3 Å². The minimum Gasteiger partial charge on any atom is -0.351 e. The second-order valence-corrected chi connectivity index (χ2v) is 9.86. The van der Waals surface area contributed by atoms with E-state index in [1.54, 1.807) is 6.20 Å². The van der Waals surface area contributed by atoms with Crippen molar-refractivity contribution in [1.82, 2.24) is 15.2 Å². The van der Waals surface area contributed by atoms with E-state index in [1.165, 1.54) is 0 Å². The zero-order chi connectivity index (χ0) is 23.4. The SMILES string of the molecule is CC(C)(C)NC(=O)C1CCN(Cc2cccc(NC(=O)c3cnc4ccccc4c3)c2)CC1. The van der Waals surface area contributed by atoms with E-state index in [9.17, 15) is 9.59 Å². The fourth-order valence-electron chi connectivity index (χ4n) is 4.23. The lowest BCUT2D eigenvalue weighted by Gasteiger charge is -2.33. The highest BCUT2D eigenvalue weighted by atomic mass is 16.2. The Hall–Kier alpha value is -3.25. The van der Waals surface area contributed by atoms with Crippen molar-refractivity contribution in [1.29, 1.82) is 0 Å². The Labute approximate surface area is 195 Å². The molecule has 4 rings (SSSR count). The summed E-state index contributed by atoms with van der Waals surface area (Å²) in [5.41, 5.74) is 3.12. The van der Waals surface area contributed by atoms with Crippen LogP contribution in [0.4, 0.5) is 5.69 Å². The molecule has 0 saturated carbocycles. The lowest BCUT2D eigenvalue weighted by molar-refractivity contribution is -0.127. The van der Waals surface area contributed by atoms with Crippen molar-refractivity contribution in [3.8, 4) is 0 Å². The Balaban J connectivity index is 1.33. The lowest BCUT2D eigenvalue weighted by atomic mass is 9.94. The highest BCUT2D eigenvalue weighted by molar-refractivity contribution is 6.05. The summed E-state index contributed by atoms with van der Waals surface area (Å²) in [6.07, 6.45) is 3.35. The van der Waals surface area contributed by atoms with Crippen molar-refractivity contribution in [2.45, 2.75) is 45.7 Å². The number of likely N-dealkylation sites (tertiary alicyclic amines) is 1. The van der Waals surface area contributed by atoms with Crippen LogP contribution in [0.1, 0.15) is 49.5 Å². The molecule has 1 aliphatic heterocycles. The smallest absolute Gasteiger partial charge is 0.257 e. The molecule has 1 saturated heterocycles. The molecule has 6 heteroatoms. The van der Waals surface area contributed by atoms with Gasteiger partial charge in [-0.2, -0.15) is 0 Å². The zero-order valence-electron chi connectivity index (χ0n) is 19.6. The summed E-state index contributed by atoms with van der Waals surface area (Å²) in [5, 5.41) is 7.04. The van der Waals surface area contributed by atoms with Crippen LogP contribution in [0.15, 0.2) is 60.8 Å². The molecule has 0 atom stereocenters. The van der Waals surface area contributed by atoms with Crippen molar-refractivity contribution in [3.63, 3.8) is 0 Å². The van der Waals surface area contributed by atoms with Crippen LogP contribution in [0.5, 0.6) is 0 Å². The molecule has 2 amide bonds. The molecule has 3 aromatic rings. The van der Waals surface area contributed by atoms with Crippen LogP contribution in [0, 0.1) is 5.92 Å². The molecule has 1 aliphatic rings. The van der Waals surface area contributed by atoms with Gasteiger partial charge in [0.25, 0.3) is 5.91 Å². The number of para-hydroxylation sites is 1. The third-order valence-electron chi connectivity index (χ3n) is 5.90. The number of carbonyl (C=O) groups excluding carboxylic acids is 2. The summed E-state index contributed by atoms with van der Waals surface area (Å²) >= 11 is 0. The first-order valence-electron chi connectivity index (χ1n) is 11.6. The van der Waals surface area contributed by atoms with Gasteiger partial charge in [-0.25, -0.2) is 0 Å². The molecule has 172 valence electrons. The number of piperidine rings is 1. The number of rotatable bonds is 5. The number of benzene rings is 2. The number of aromatic nitrogens is 1. The fraction of sp³-hybridized carbons (Fsp3) is 0.370. The van der Waals surface area contributed by atoms with E-state index in [0.29, 0.717) is 5.56 Å². The van der Waals surface area contributed by atoms with Gasteiger partial charge >= 0.3 is 0 Å². The number of pyridine rings is 1. The summed E-state index contributed by atoms with van der Waals surface area (Å²) < 4.78 is 0. The van der Waals surface area contributed by atoms with E-state index in [4.69, 9.17) is 0 Å². The van der Waals surface area contributed by atoms with E-state index in [0.717, 1.165) is 54.6 Å². The van der Waals surface area contributed by atoms with E-state index < -0.39 is 0 Å². The Bertz CT molecular complexity index is 1140. The number of nitrogens with zero attached hydrogens (tertiary/aromatic N) is 2. The maximum Gasteiger partial charge on any atom is 0.257 e. The monoisotopic (exact) mass is 444 g/mol. The maximum atomic E-state index is 12.8. The van der Waals surface area contributed by atoms with E-state index in [1.807, 2.05) is 69.3 Å². The molecule has 33 heavy (non-hydrogen) atoms. The zero-order valence-corrected chi connectivity index (χ0v) is 19.6. The van der Waals surface area contributed by atoms with Crippen LogP contribution < -0.4 is 10.6 Å². The molecule has 6 nitrogen and oxygen atoms in total. The van der Waals surface area contributed by atoms with Crippen molar-refractivity contribution in [2.24, 2.45) is 5.92 Å². The van der Waals surface area contributed by atoms with Gasteiger partial charge in [-0.1, -0.05) is 30.3 Å². The number of fused-ring (bicyclic) bond motifs is 1. The van der Waals surface area contributed by atoms with Crippen LogP contribution in [0.3, 0.4) is 0 Å². The van der Waals surface area contributed by atoms with Crippen LogP contribution in [-0.4, -0.2) is 40.3 Å². The predicted molar refractivity (Wildman–Crippen MR) is 132 cm³/mol. The third kappa shape index (κ3) is 6.17. The van der Waals surface area contributed by atoms with Crippen LogP contribution in [-0.2, 0) is 11.3 Å². The Morgan fingerprint density at radius 3 is 2.55 bits per heavy atom. The summed E-state index contributed by atoms with van der Waals surface area (Å²) in [4.78, 5) is 32.0. The minimum absolute atomic E-state index is 0.0849. The fourth-order valence-corrected chi connectivity index (χ4v) is 4.23. The van der Waals surface area contributed by atoms with Gasteiger partial charge in [-0.05, 0) is 76.5 Å². The van der Waals surface area contributed by atoms with E-state index in [2.05, 4.69) is 26.6 Å². The van der Waals surface area contributed by atoms with Crippen LogP contribution in [0.25, 0.3) is 10.9 Å². The Morgan fingerprint density at radius 2 is 1.79 bits per heavy atom. The van der Waals surface area contributed by atoms with Crippen molar-refractivity contribution in [2.75, 3.05) is 18.4 Å². The summed E-state index contributed by atoms with van der Waals surface area (Å²) in [7, 11) is 0. The van der Waals surface area contributed by atoms with Gasteiger partial charge in [-0.15, -0.1) is 0 Å². The standard InChI is InChI=1S/C27H32N4O2/c1-27(2,3)30-26(33)20-11-13-31(14-12-20)18-19-7-6-9-23(15-19)29-25(32)22-16-21-8-4-5-10-24(21)28-17-22/h4-10,15-17,20H,11-14,18H2,1-3H3,(H,29,32)(H,30,33). The highest BCUT2D eigenvalue weighted by Crippen LogP contribution is 2.22. The maximum absolute atomic E-state index is 12.8. The third-order valence-corrected chi connectivity index (χ3v) is 5.90. The van der Waals surface area contributed by atoms with E-state index in [-0.39, 0.29) is 23.3 Å². The number of hydrogen-bond donors (Lipinski definition) is 2. The molecule has 1 fully saturated rings. The molecule has 0 unspecified atom stereocenters. The summed E-state index contributed by atoms with van der Waals surface area (Å²) in [6, 6.07) is 17.6. The largest absolute Gasteiger partial charge is 0.351 e. The van der Waals surface area contributed by atoms with Crippen LogP contribution >= 0.6 is 0 Å². The summed E-state index contributed by atoms with van der Waals surface area (Å²) in [6.45, 7) is 8.63. The molecular weight excluding hydrogens is 412 g/mol. The van der Waals surface area contributed by atoms with Crippen molar-refractivity contribution in [3.05, 3.63) is 71.9 Å². The quantitative estimate of drug-likeness (QED) is 0.603. The van der Waals surface area contributed by atoms with Gasteiger partial charge < -0.3 is 10.6 Å². The first-order chi connectivity index (χ1) is 15.8. The molecule has 0 bridgehead atoms. The number of hydrogen-bond acceptors (Lipinski definition) is 4. The first kappa shape index (κ1) is 22.9. The Morgan fingerprint density at radius 1 is 1.03 bits per heavy atom. The predicted octanol–water partition coefficient (Wildman–Crippen LogP) is 4.61. The average Bonchev–Trinajstić information content (AvgIpc) is 2.78. The molecule has 1 aromatic heterocycles. The van der Waals surface area contributed by atoms with Gasteiger partial charge in [0.2, 0.25) is 5.91 Å². The number of carbonyl (C=O) groups is 2.